The molecule has 168 valence electrons. The Bertz CT molecular complexity index is 863. The number of nitrogens with zero attached hydrogens (tertiary/aromatic N) is 2. The number of benzene rings is 2. The van der Waals surface area contributed by atoms with Gasteiger partial charge in [0.25, 0.3) is 0 Å². The molecule has 0 spiro atoms. The minimum absolute atomic E-state index is 0.00255. The molecule has 0 fully saturated rings. The van der Waals surface area contributed by atoms with E-state index in [9.17, 15) is 9.59 Å². The van der Waals surface area contributed by atoms with Crippen molar-refractivity contribution < 1.29 is 9.59 Å². The minimum atomic E-state index is -0.113. The average Bonchev–Trinajstić information content (AvgIpc) is 2.67. The van der Waals surface area contributed by atoms with Crippen molar-refractivity contribution in [2.45, 2.75) is 53.2 Å². The summed E-state index contributed by atoms with van der Waals surface area (Å²) in [5.41, 5.74) is 3.80. The lowest BCUT2D eigenvalue weighted by molar-refractivity contribution is -0.116. The highest BCUT2D eigenvalue weighted by Crippen LogP contribution is 2.25. The summed E-state index contributed by atoms with van der Waals surface area (Å²) < 4.78 is 0. The Morgan fingerprint density at radius 2 is 1.61 bits per heavy atom. The molecule has 0 bridgehead atoms. The van der Waals surface area contributed by atoms with Gasteiger partial charge in [0, 0.05) is 51.0 Å². The molecule has 3 amide bonds. The number of hydrogen-bond donors (Lipinski definition) is 2. The van der Waals surface area contributed by atoms with Gasteiger partial charge in [-0.25, -0.2) is 4.79 Å². The maximum Gasteiger partial charge on any atom is 0.318 e. The van der Waals surface area contributed by atoms with E-state index in [1.807, 2.05) is 95.2 Å². The molecule has 31 heavy (non-hydrogen) atoms. The molecule has 6 nitrogen and oxygen atoms in total. The van der Waals surface area contributed by atoms with Crippen LogP contribution in [0, 0.1) is 5.92 Å². The predicted molar refractivity (Wildman–Crippen MR) is 128 cm³/mol. The van der Waals surface area contributed by atoms with E-state index in [-0.39, 0.29) is 18.0 Å². The quantitative estimate of drug-likeness (QED) is 0.604. The third kappa shape index (κ3) is 7.96. The molecule has 2 aromatic carbocycles. The van der Waals surface area contributed by atoms with Crippen LogP contribution in [0.1, 0.15) is 45.2 Å². The molecule has 2 N–H and O–H groups in total. The third-order valence-corrected chi connectivity index (χ3v) is 4.72. The Balaban J connectivity index is 2.32. The molecule has 6 heteroatoms. The first-order valence-electron chi connectivity index (χ1n) is 10.8. The number of amides is 3. The van der Waals surface area contributed by atoms with Crippen molar-refractivity contribution in [2.24, 2.45) is 5.92 Å². The van der Waals surface area contributed by atoms with Crippen molar-refractivity contribution in [2.75, 3.05) is 24.3 Å². The van der Waals surface area contributed by atoms with E-state index < -0.39 is 0 Å². The summed E-state index contributed by atoms with van der Waals surface area (Å²) in [7, 11) is 3.96. The lowest BCUT2D eigenvalue weighted by Crippen LogP contribution is -2.42. The van der Waals surface area contributed by atoms with Crippen LogP contribution in [0.4, 0.5) is 16.2 Å². The molecule has 0 heterocycles. The molecule has 0 saturated carbocycles. The fraction of sp³-hybridized carbons (Fsp3) is 0.440. The Kier molecular flexibility index (Phi) is 8.91. The zero-order valence-corrected chi connectivity index (χ0v) is 19.6. The van der Waals surface area contributed by atoms with Crippen molar-refractivity contribution in [1.82, 2.24) is 10.2 Å². The molecule has 0 saturated heterocycles. The first-order valence-corrected chi connectivity index (χ1v) is 10.8. The van der Waals surface area contributed by atoms with Gasteiger partial charge in [0.05, 0.1) is 0 Å². The van der Waals surface area contributed by atoms with E-state index in [1.54, 1.807) is 4.90 Å². The number of carbonyl (C=O) groups excluding carboxylic acids is 2. The number of nitrogens with one attached hydrogen (secondary N) is 2. The summed E-state index contributed by atoms with van der Waals surface area (Å²) in [4.78, 5) is 29.0. The minimum Gasteiger partial charge on any atom is -0.377 e. The lowest BCUT2D eigenvalue weighted by atomic mass is 10.1. The third-order valence-electron chi connectivity index (χ3n) is 4.72. The SMILES string of the molecule is CC(C)CC(=O)Nc1ccc(N(C)C)c(CN(Cc2ccccc2)C(=O)NC(C)C)c1. The summed E-state index contributed by atoms with van der Waals surface area (Å²) in [5, 5.41) is 5.99. The first-order chi connectivity index (χ1) is 14.7. The Morgan fingerprint density at radius 1 is 0.935 bits per heavy atom. The molecule has 0 aromatic heterocycles. The van der Waals surface area contributed by atoms with Crippen LogP contribution in [-0.4, -0.2) is 37.0 Å². The first kappa shape index (κ1) is 24.3. The van der Waals surface area contributed by atoms with Gasteiger partial charge in [0.15, 0.2) is 0 Å². The van der Waals surface area contributed by atoms with Crippen LogP contribution < -0.4 is 15.5 Å². The van der Waals surface area contributed by atoms with Crippen LogP contribution in [-0.2, 0) is 17.9 Å². The van der Waals surface area contributed by atoms with Gasteiger partial charge in [-0.1, -0.05) is 44.2 Å². The summed E-state index contributed by atoms with van der Waals surface area (Å²) >= 11 is 0. The van der Waals surface area contributed by atoms with E-state index in [2.05, 4.69) is 10.6 Å². The maximum absolute atomic E-state index is 13.0. The van der Waals surface area contributed by atoms with Crippen molar-refractivity contribution in [3.05, 3.63) is 59.7 Å². The molecule has 0 aliphatic heterocycles. The molecule has 0 atom stereocenters. The van der Waals surface area contributed by atoms with Crippen molar-refractivity contribution >= 4 is 23.3 Å². The Morgan fingerprint density at radius 3 is 2.19 bits per heavy atom. The average molecular weight is 425 g/mol. The molecular formula is C25H36N4O2. The van der Waals surface area contributed by atoms with Crippen molar-refractivity contribution in [3.8, 4) is 0 Å². The van der Waals surface area contributed by atoms with Gasteiger partial charge >= 0.3 is 6.03 Å². The number of hydrogen-bond acceptors (Lipinski definition) is 3. The standard InChI is InChI=1S/C25H36N4O2/c1-18(2)14-24(30)27-22-12-13-23(28(5)6)21(15-22)17-29(25(31)26-19(3)4)16-20-10-8-7-9-11-20/h7-13,15,18-19H,14,16-17H2,1-6H3,(H,26,31)(H,27,30). The van der Waals surface area contributed by atoms with Gasteiger partial charge in [-0.3, -0.25) is 4.79 Å². The number of rotatable bonds is 9. The van der Waals surface area contributed by atoms with E-state index in [0.29, 0.717) is 25.4 Å². The van der Waals surface area contributed by atoms with Gasteiger partial charge < -0.3 is 20.4 Å². The molecule has 0 unspecified atom stereocenters. The van der Waals surface area contributed by atoms with Crippen molar-refractivity contribution in [1.29, 1.82) is 0 Å². The maximum atomic E-state index is 13.0. The largest absolute Gasteiger partial charge is 0.377 e. The van der Waals surface area contributed by atoms with Crippen LogP contribution in [0.5, 0.6) is 0 Å². The smallest absolute Gasteiger partial charge is 0.318 e. The van der Waals surface area contributed by atoms with Crippen LogP contribution in [0.3, 0.4) is 0 Å². The van der Waals surface area contributed by atoms with Crippen LogP contribution in [0.25, 0.3) is 0 Å². The molecule has 0 aliphatic carbocycles. The second kappa shape index (κ2) is 11.4. The molecule has 2 aromatic rings. The second-order valence-electron chi connectivity index (χ2n) is 8.83. The Labute approximate surface area is 186 Å². The van der Waals surface area contributed by atoms with Gasteiger partial charge in [0.1, 0.15) is 0 Å². The summed E-state index contributed by atoms with van der Waals surface area (Å²) in [5.74, 6) is 0.291. The van der Waals surface area contributed by atoms with Gasteiger partial charge in [0.2, 0.25) is 5.91 Å². The van der Waals surface area contributed by atoms with Crippen LogP contribution >= 0.6 is 0 Å². The molecular weight excluding hydrogens is 388 g/mol. The fourth-order valence-corrected chi connectivity index (χ4v) is 3.36. The fourth-order valence-electron chi connectivity index (χ4n) is 3.36. The molecule has 0 radical (unpaired) electrons. The second-order valence-corrected chi connectivity index (χ2v) is 8.83. The Hall–Kier alpha value is -3.02. The van der Waals surface area contributed by atoms with E-state index in [4.69, 9.17) is 0 Å². The van der Waals surface area contributed by atoms with Crippen LogP contribution in [0.15, 0.2) is 48.5 Å². The zero-order valence-electron chi connectivity index (χ0n) is 19.6. The van der Waals surface area contributed by atoms with Crippen molar-refractivity contribution in [3.63, 3.8) is 0 Å². The number of carbonyl (C=O) groups is 2. The summed E-state index contributed by atoms with van der Waals surface area (Å²) in [6.45, 7) is 8.87. The van der Waals surface area contributed by atoms with Gasteiger partial charge in [-0.2, -0.15) is 0 Å². The summed E-state index contributed by atoms with van der Waals surface area (Å²) in [6, 6.07) is 15.8. The lowest BCUT2D eigenvalue weighted by Gasteiger charge is -2.27. The monoisotopic (exact) mass is 424 g/mol. The topological polar surface area (TPSA) is 64.7 Å². The molecule has 2 rings (SSSR count). The van der Waals surface area contributed by atoms with E-state index >= 15 is 0 Å². The normalized spacial score (nSPS) is 10.8. The number of urea groups is 1. The number of anilines is 2. The summed E-state index contributed by atoms with van der Waals surface area (Å²) in [6.07, 6.45) is 0.474. The zero-order chi connectivity index (χ0) is 23.0. The van der Waals surface area contributed by atoms with E-state index in [0.717, 1.165) is 22.5 Å². The highest BCUT2D eigenvalue weighted by molar-refractivity contribution is 5.91. The van der Waals surface area contributed by atoms with Crippen LogP contribution in [0.2, 0.25) is 0 Å². The predicted octanol–water partition coefficient (Wildman–Crippen LogP) is 4.86. The highest BCUT2D eigenvalue weighted by atomic mass is 16.2. The molecule has 0 aliphatic rings. The van der Waals surface area contributed by atoms with Gasteiger partial charge in [-0.05, 0) is 49.1 Å². The van der Waals surface area contributed by atoms with Gasteiger partial charge in [-0.15, -0.1) is 0 Å². The highest BCUT2D eigenvalue weighted by Gasteiger charge is 2.18. The van der Waals surface area contributed by atoms with E-state index in [1.165, 1.54) is 0 Å².